The molecule has 2 heterocycles. The van der Waals surface area contributed by atoms with Crippen molar-refractivity contribution in [2.24, 2.45) is 0 Å². The second-order valence-corrected chi connectivity index (χ2v) is 9.31. The predicted molar refractivity (Wildman–Crippen MR) is 136 cm³/mol. The van der Waals surface area contributed by atoms with Gasteiger partial charge in [0, 0.05) is 41.0 Å². The molecule has 4 rings (SSSR count). The number of benzene rings is 2. The summed E-state index contributed by atoms with van der Waals surface area (Å²) in [6.07, 6.45) is 4.01. The summed E-state index contributed by atoms with van der Waals surface area (Å²) in [6, 6.07) is 15.8. The zero-order valence-corrected chi connectivity index (χ0v) is 20.6. The van der Waals surface area contributed by atoms with Crippen LogP contribution in [0.25, 0.3) is 10.9 Å². The van der Waals surface area contributed by atoms with Crippen molar-refractivity contribution in [3.8, 4) is 0 Å². The van der Waals surface area contributed by atoms with Gasteiger partial charge in [-0.05, 0) is 36.1 Å². The SMILES string of the molecule is CCCc1nc2ccccc2c(C(=O)OCC(=O)C=C2N(C)c3ccccc3C2(C)C)c1CC. The highest BCUT2D eigenvalue weighted by Crippen LogP contribution is 2.46. The van der Waals surface area contributed by atoms with Crippen LogP contribution in [-0.4, -0.2) is 30.4 Å². The van der Waals surface area contributed by atoms with Crippen molar-refractivity contribution < 1.29 is 14.3 Å². The number of carbonyl (C=O) groups is 2. The normalized spacial score (nSPS) is 15.6. The number of allylic oxidation sites excluding steroid dienone is 1. The van der Waals surface area contributed by atoms with E-state index in [9.17, 15) is 9.59 Å². The summed E-state index contributed by atoms with van der Waals surface area (Å²) in [5, 5.41) is 0.766. The Labute approximate surface area is 201 Å². The number of ketones is 1. The molecule has 0 fully saturated rings. The summed E-state index contributed by atoms with van der Waals surface area (Å²) < 4.78 is 5.59. The molecule has 0 spiro atoms. The lowest BCUT2D eigenvalue weighted by atomic mass is 9.83. The fourth-order valence-corrected chi connectivity index (χ4v) is 5.02. The maximum atomic E-state index is 13.3. The van der Waals surface area contributed by atoms with E-state index < -0.39 is 5.97 Å². The average Bonchev–Trinajstić information content (AvgIpc) is 3.02. The Balaban J connectivity index is 1.60. The Morgan fingerprint density at radius 2 is 1.76 bits per heavy atom. The Morgan fingerprint density at radius 3 is 2.47 bits per heavy atom. The Kier molecular flexibility index (Phi) is 6.56. The number of esters is 1. The Hall–Kier alpha value is -3.47. The van der Waals surface area contributed by atoms with Crippen LogP contribution in [0.15, 0.2) is 60.3 Å². The molecule has 1 aromatic heterocycles. The predicted octanol–water partition coefficient (Wildman–Crippen LogP) is 5.79. The monoisotopic (exact) mass is 456 g/mol. The number of pyridine rings is 1. The topological polar surface area (TPSA) is 59.5 Å². The van der Waals surface area contributed by atoms with Gasteiger partial charge >= 0.3 is 5.97 Å². The molecule has 0 N–H and O–H groups in total. The van der Waals surface area contributed by atoms with Gasteiger partial charge < -0.3 is 9.64 Å². The van der Waals surface area contributed by atoms with Crippen LogP contribution in [0.4, 0.5) is 5.69 Å². The van der Waals surface area contributed by atoms with E-state index in [4.69, 9.17) is 9.72 Å². The molecule has 0 saturated heterocycles. The van der Waals surface area contributed by atoms with Crippen molar-refractivity contribution in [2.45, 2.75) is 52.4 Å². The molecule has 3 aromatic rings. The summed E-state index contributed by atoms with van der Waals surface area (Å²) in [4.78, 5) is 33.0. The van der Waals surface area contributed by atoms with Crippen LogP contribution >= 0.6 is 0 Å². The molecule has 0 bridgehead atoms. The number of para-hydroxylation sites is 2. The van der Waals surface area contributed by atoms with Gasteiger partial charge in [0.05, 0.1) is 11.1 Å². The van der Waals surface area contributed by atoms with E-state index in [0.717, 1.165) is 46.4 Å². The van der Waals surface area contributed by atoms with Crippen molar-refractivity contribution >= 4 is 28.3 Å². The van der Waals surface area contributed by atoms with Crippen LogP contribution in [0.5, 0.6) is 0 Å². The van der Waals surface area contributed by atoms with Gasteiger partial charge in [0.2, 0.25) is 0 Å². The maximum Gasteiger partial charge on any atom is 0.339 e. The highest BCUT2D eigenvalue weighted by Gasteiger charge is 2.38. The van der Waals surface area contributed by atoms with Crippen molar-refractivity contribution in [3.05, 3.63) is 82.7 Å². The minimum absolute atomic E-state index is 0.235. The van der Waals surface area contributed by atoms with Gasteiger partial charge in [-0.1, -0.05) is 70.5 Å². The molecule has 0 amide bonds. The number of anilines is 1. The Morgan fingerprint density at radius 1 is 1.06 bits per heavy atom. The molecule has 0 unspecified atom stereocenters. The van der Waals surface area contributed by atoms with Gasteiger partial charge in [0.15, 0.2) is 12.4 Å². The minimum atomic E-state index is -0.470. The summed E-state index contributed by atoms with van der Waals surface area (Å²) >= 11 is 0. The first-order valence-corrected chi connectivity index (χ1v) is 11.9. The molecular weight excluding hydrogens is 424 g/mol. The summed E-state index contributed by atoms with van der Waals surface area (Å²) in [5.41, 5.74) is 5.98. The lowest BCUT2D eigenvalue weighted by Crippen LogP contribution is -2.25. The zero-order valence-electron chi connectivity index (χ0n) is 20.6. The van der Waals surface area contributed by atoms with E-state index in [-0.39, 0.29) is 17.8 Å². The van der Waals surface area contributed by atoms with Crippen LogP contribution in [0.1, 0.15) is 61.3 Å². The standard InChI is InChI=1S/C29H32N2O3/c1-6-12-23-20(7-2)27(21-13-8-10-15-24(21)30-23)28(33)34-18-19(32)17-26-29(3,4)22-14-9-11-16-25(22)31(26)5/h8-11,13-17H,6-7,12,18H2,1-5H3. The summed E-state index contributed by atoms with van der Waals surface area (Å²) in [5.74, 6) is -0.705. The third-order valence-electron chi connectivity index (χ3n) is 6.71. The molecule has 176 valence electrons. The first kappa shape index (κ1) is 23.7. The van der Waals surface area contributed by atoms with Crippen molar-refractivity contribution in [3.63, 3.8) is 0 Å². The number of rotatable bonds is 7. The molecule has 0 aliphatic carbocycles. The van der Waals surface area contributed by atoms with Gasteiger partial charge in [-0.2, -0.15) is 0 Å². The first-order chi connectivity index (χ1) is 16.3. The van der Waals surface area contributed by atoms with Gasteiger partial charge in [-0.3, -0.25) is 9.78 Å². The quantitative estimate of drug-likeness (QED) is 0.333. The lowest BCUT2D eigenvalue weighted by Gasteiger charge is -2.24. The number of ether oxygens (including phenoxy) is 1. The number of carbonyl (C=O) groups excluding carboxylic acids is 2. The van der Waals surface area contributed by atoms with Crippen LogP contribution in [0.2, 0.25) is 0 Å². The molecule has 1 aliphatic heterocycles. The number of nitrogens with zero attached hydrogens (tertiary/aromatic N) is 2. The molecule has 1 aliphatic rings. The molecule has 5 nitrogen and oxygen atoms in total. The van der Waals surface area contributed by atoms with Gasteiger partial charge in [0.25, 0.3) is 0 Å². The number of hydrogen-bond donors (Lipinski definition) is 0. The minimum Gasteiger partial charge on any atom is -0.454 e. The third-order valence-corrected chi connectivity index (χ3v) is 6.71. The van der Waals surface area contributed by atoms with Crippen LogP contribution in [0.3, 0.4) is 0 Å². The van der Waals surface area contributed by atoms with Crippen molar-refractivity contribution in [1.29, 1.82) is 0 Å². The molecule has 0 radical (unpaired) electrons. The summed E-state index contributed by atoms with van der Waals surface area (Å²) in [6.45, 7) is 8.03. The second kappa shape index (κ2) is 9.41. The zero-order chi connectivity index (χ0) is 24.5. The number of fused-ring (bicyclic) bond motifs is 2. The largest absolute Gasteiger partial charge is 0.454 e. The number of aromatic nitrogens is 1. The van der Waals surface area contributed by atoms with Gasteiger partial charge in [-0.25, -0.2) is 4.79 Å². The molecule has 34 heavy (non-hydrogen) atoms. The third kappa shape index (κ3) is 4.11. The number of likely N-dealkylation sites (N-methyl/N-ethyl adjacent to an activating group) is 1. The first-order valence-electron chi connectivity index (χ1n) is 11.9. The van der Waals surface area contributed by atoms with E-state index in [0.29, 0.717) is 12.0 Å². The van der Waals surface area contributed by atoms with E-state index in [1.807, 2.05) is 55.3 Å². The van der Waals surface area contributed by atoms with E-state index >= 15 is 0 Å². The lowest BCUT2D eigenvalue weighted by molar-refractivity contribution is -0.117. The summed E-state index contributed by atoms with van der Waals surface area (Å²) in [7, 11) is 1.96. The van der Waals surface area contributed by atoms with Crippen molar-refractivity contribution in [1.82, 2.24) is 4.98 Å². The average molecular weight is 457 g/mol. The van der Waals surface area contributed by atoms with Gasteiger partial charge in [-0.15, -0.1) is 0 Å². The van der Waals surface area contributed by atoms with E-state index in [1.165, 1.54) is 5.56 Å². The molecule has 0 saturated carbocycles. The molecular formula is C29H32N2O3. The molecule has 5 heteroatoms. The highest BCUT2D eigenvalue weighted by atomic mass is 16.5. The molecule has 0 atom stereocenters. The van der Waals surface area contributed by atoms with Crippen molar-refractivity contribution in [2.75, 3.05) is 18.6 Å². The smallest absolute Gasteiger partial charge is 0.339 e. The van der Waals surface area contributed by atoms with Crippen LogP contribution < -0.4 is 4.90 Å². The van der Waals surface area contributed by atoms with Crippen LogP contribution in [-0.2, 0) is 27.8 Å². The Bertz CT molecular complexity index is 1290. The number of aryl methyl sites for hydroxylation is 1. The van der Waals surface area contributed by atoms with E-state index in [1.54, 1.807) is 6.08 Å². The van der Waals surface area contributed by atoms with Crippen LogP contribution in [0, 0.1) is 0 Å². The fourth-order valence-electron chi connectivity index (χ4n) is 5.02. The number of hydrogen-bond acceptors (Lipinski definition) is 5. The van der Waals surface area contributed by atoms with Gasteiger partial charge in [0.1, 0.15) is 0 Å². The second-order valence-electron chi connectivity index (χ2n) is 9.31. The highest BCUT2D eigenvalue weighted by molar-refractivity contribution is 6.06. The maximum absolute atomic E-state index is 13.3. The van der Waals surface area contributed by atoms with E-state index in [2.05, 4.69) is 32.9 Å². The fraction of sp³-hybridized carbons (Fsp3) is 0.345. The molecule has 2 aromatic carbocycles.